The highest BCUT2D eigenvalue weighted by Crippen LogP contribution is 2.23. The van der Waals surface area contributed by atoms with Crippen LogP contribution in [0.3, 0.4) is 0 Å². The summed E-state index contributed by atoms with van der Waals surface area (Å²) in [5, 5.41) is 12.7. The van der Waals surface area contributed by atoms with E-state index in [4.69, 9.17) is 4.74 Å². The van der Waals surface area contributed by atoms with Crippen molar-refractivity contribution in [1.82, 2.24) is 9.88 Å². The van der Waals surface area contributed by atoms with Crippen molar-refractivity contribution < 1.29 is 19.4 Å². The Labute approximate surface area is 151 Å². The summed E-state index contributed by atoms with van der Waals surface area (Å²) in [7, 11) is 0. The van der Waals surface area contributed by atoms with E-state index < -0.39 is 12.0 Å². The zero-order valence-electron chi connectivity index (χ0n) is 14.4. The Balaban J connectivity index is 1.74. The SMILES string of the molecule is CC(=O)NC(Cn1ccc2cc(OCc3ccccc3)ccc21)C(=O)O. The van der Waals surface area contributed by atoms with Crippen LogP contribution in [0.15, 0.2) is 60.8 Å². The fraction of sp³-hybridized carbons (Fsp3) is 0.200. The largest absolute Gasteiger partial charge is 0.489 e. The predicted molar refractivity (Wildman–Crippen MR) is 98.0 cm³/mol. The number of hydrogen-bond donors (Lipinski definition) is 2. The minimum atomic E-state index is -1.06. The summed E-state index contributed by atoms with van der Waals surface area (Å²) in [6, 6.07) is 16.5. The van der Waals surface area contributed by atoms with Gasteiger partial charge in [-0.2, -0.15) is 0 Å². The maximum atomic E-state index is 11.3. The number of amides is 1. The molecule has 3 aromatic rings. The molecule has 2 N–H and O–H groups in total. The van der Waals surface area contributed by atoms with E-state index in [0.717, 1.165) is 22.2 Å². The summed E-state index contributed by atoms with van der Waals surface area (Å²) in [5.74, 6) is -0.689. The molecule has 0 aliphatic carbocycles. The Kier molecular flexibility index (Phi) is 5.22. The quantitative estimate of drug-likeness (QED) is 0.685. The van der Waals surface area contributed by atoms with E-state index in [1.165, 1.54) is 6.92 Å². The van der Waals surface area contributed by atoms with Gasteiger partial charge in [0.2, 0.25) is 5.91 Å². The number of nitrogens with one attached hydrogen (secondary N) is 1. The molecule has 1 atom stereocenters. The molecule has 6 nitrogen and oxygen atoms in total. The average Bonchev–Trinajstić information content (AvgIpc) is 3.02. The molecule has 0 spiro atoms. The monoisotopic (exact) mass is 352 g/mol. The van der Waals surface area contributed by atoms with Crippen LogP contribution in [0.4, 0.5) is 0 Å². The van der Waals surface area contributed by atoms with Crippen molar-refractivity contribution in [2.45, 2.75) is 26.1 Å². The number of carbonyl (C=O) groups is 2. The van der Waals surface area contributed by atoms with Crippen LogP contribution in [0.1, 0.15) is 12.5 Å². The second kappa shape index (κ2) is 7.74. The first kappa shape index (κ1) is 17.5. The van der Waals surface area contributed by atoms with Crippen molar-refractivity contribution in [3.8, 4) is 5.75 Å². The molecular formula is C20H20N2O4. The van der Waals surface area contributed by atoms with Crippen LogP contribution >= 0.6 is 0 Å². The topological polar surface area (TPSA) is 80.6 Å². The maximum absolute atomic E-state index is 11.3. The highest BCUT2D eigenvalue weighted by molar-refractivity contribution is 5.84. The number of ether oxygens (including phenoxy) is 1. The molecule has 0 saturated heterocycles. The van der Waals surface area contributed by atoms with E-state index in [0.29, 0.717) is 6.61 Å². The van der Waals surface area contributed by atoms with E-state index in [1.807, 2.05) is 65.4 Å². The Morgan fingerprint density at radius 2 is 1.92 bits per heavy atom. The Morgan fingerprint density at radius 1 is 1.15 bits per heavy atom. The molecule has 0 aliphatic heterocycles. The van der Waals surface area contributed by atoms with Crippen molar-refractivity contribution in [1.29, 1.82) is 0 Å². The molecule has 0 radical (unpaired) electrons. The number of aromatic nitrogens is 1. The summed E-state index contributed by atoms with van der Waals surface area (Å²) in [5.41, 5.74) is 1.97. The molecule has 26 heavy (non-hydrogen) atoms. The van der Waals surface area contributed by atoms with Gasteiger partial charge in [0.1, 0.15) is 18.4 Å². The molecule has 0 fully saturated rings. The summed E-state index contributed by atoms with van der Waals surface area (Å²) < 4.78 is 7.63. The van der Waals surface area contributed by atoms with Gasteiger partial charge in [-0.25, -0.2) is 4.79 Å². The summed E-state index contributed by atoms with van der Waals surface area (Å²) >= 11 is 0. The van der Waals surface area contributed by atoms with Gasteiger partial charge >= 0.3 is 5.97 Å². The van der Waals surface area contributed by atoms with E-state index in [9.17, 15) is 14.7 Å². The van der Waals surface area contributed by atoms with Gasteiger partial charge < -0.3 is 19.7 Å². The van der Waals surface area contributed by atoms with Crippen molar-refractivity contribution in [2.24, 2.45) is 0 Å². The van der Waals surface area contributed by atoms with E-state index in [-0.39, 0.29) is 12.5 Å². The van der Waals surface area contributed by atoms with Crippen molar-refractivity contribution >= 4 is 22.8 Å². The summed E-state index contributed by atoms with van der Waals surface area (Å²) in [6.45, 7) is 1.94. The molecule has 6 heteroatoms. The zero-order valence-corrected chi connectivity index (χ0v) is 14.4. The van der Waals surface area contributed by atoms with E-state index in [2.05, 4.69) is 5.32 Å². The minimum absolute atomic E-state index is 0.155. The fourth-order valence-corrected chi connectivity index (χ4v) is 2.80. The van der Waals surface area contributed by atoms with Crippen LogP contribution in [0.5, 0.6) is 5.75 Å². The number of carboxylic acid groups (broad SMARTS) is 1. The maximum Gasteiger partial charge on any atom is 0.328 e. The highest BCUT2D eigenvalue weighted by Gasteiger charge is 2.19. The molecule has 0 saturated carbocycles. The molecule has 2 aromatic carbocycles. The van der Waals surface area contributed by atoms with Gasteiger partial charge in [0.05, 0.1) is 6.54 Å². The van der Waals surface area contributed by atoms with Crippen LogP contribution in [-0.4, -0.2) is 27.6 Å². The average molecular weight is 352 g/mol. The Bertz CT molecular complexity index is 918. The number of rotatable bonds is 7. The summed E-state index contributed by atoms with van der Waals surface area (Å²) in [4.78, 5) is 22.5. The second-order valence-electron chi connectivity index (χ2n) is 6.05. The lowest BCUT2D eigenvalue weighted by atomic mass is 10.2. The number of benzene rings is 2. The van der Waals surface area contributed by atoms with Gasteiger partial charge in [0.15, 0.2) is 0 Å². The lowest BCUT2D eigenvalue weighted by Gasteiger charge is -2.15. The molecule has 134 valence electrons. The Hall–Kier alpha value is -3.28. The molecule has 0 bridgehead atoms. The smallest absolute Gasteiger partial charge is 0.328 e. The van der Waals surface area contributed by atoms with Gasteiger partial charge in [0, 0.05) is 24.0 Å². The molecule has 1 heterocycles. The number of hydrogen-bond acceptors (Lipinski definition) is 3. The third-order valence-electron chi connectivity index (χ3n) is 4.05. The molecular weight excluding hydrogens is 332 g/mol. The minimum Gasteiger partial charge on any atom is -0.489 e. The number of aliphatic carboxylic acids is 1. The first-order chi connectivity index (χ1) is 12.5. The molecule has 1 unspecified atom stereocenters. The van der Waals surface area contributed by atoms with E-state index >= 15 is 0 Å². The standard InChI is InChI=1S/C20H20N2O4/c1-14(23)21-18(20(24)25)12-22-10-9-16-11-17(7-8-19(16)22)26-13-15-5-3-2-4-6-15/h2-11,18H,12-13H2,1H3,(H,21,23)(H,24,25). The van der Waals surface area contributed by atoms with Crippen molar-refractivity contribution in [2.75, 3.05) is 0 Å². The van der Waals surface area contributed by atoms with E-state index in [1.54, 1.807) is 0 Å². The van der Waals surface area contributed by atoms with Gasteiger partial charge in [-0.1, -0.05) is 30.3 Å². The van der Waals surface area contributed by atoms with Gasteiger partial charge in [0.25, 0.3) is 0 Å². The number of carboxylic acids is 1. The first-order valence-corrected chi connectivity index (χ1v) is 8.28. The van der Waals surface area contributed by atoms with Crippen LogP contribution in [-0.2, 0) is 22.7 Å². The van der Waals surface area contributed by atoms with Gasteiger partial charge in [-0.15, -0.1) is 0 Å². The van der Waals surface area contributed by atoms with Crippen LogP contribution < -0.4 is 10.1 Å². The number of nitrogens with zero attached hydrogens (tertiary/aromatic N) is 1. The third kappa shape index (κ3) is 4.22. The Morgan fingerprint density at radius 3 is 2.62 bits per heavy atom. The normalized spacial score (nSPS) is 11.9. The predicted octanol–water partition coefficient (Wildman–Crippen LogP) is 2.81. The molecule has 0 aliphatic rings. The lowest BCUT2D eigenvalue weighted by molar-refractivity contribution is -0.141. The third-order valence-corrected chi connectivity index (χ3v) is 4.05. The first-order valence-electron chi connectivity index (χ1n) is 8.28. The molecule has 1 amide bonds. The molecule has 1 aromatic heterocycles. The second-order valence-corrected chi connectivity index (χ2v) is 6.05. The molecule has 3 rings (SSSR count). The summed E-state index contributed by atoms with van der Waals surface area (Å²) in [6.07, 6.45) is 1.81. The number of fused-ring (bicyclic) bond motifs is 1. The zero-order chi connectivity index (χ0) is 18.5. The van der Waals surface area contributed by atoms with Crippen molar-refractivity contribution in [3.63, 3.8) is 0 Å². The fourth-order valence-electron chi connectivity index (χ4n) is 2.80. The van der Waals surface area contributed by atoms with Crippen LogP contribution in [0.25, 0.3) is 10.9 Å². The number of carbonyl (C=O) groups excluding carboxylic acids is 1. The van der Waals surface area contributed by atoms with Crippen LogP contribution in [0, 0.1) is 0 Å². The highest BCUT2D eigenvalue weighted by atomic mass is 16.5. The lowest BCUT2D eigenvalue weighted by Crippen LogP contribution is -2.42. The van der Waals surface area contributed by atoms with Gasteiger partial charge in [-0.05, 0) is 29.8 Å². The van der Waals surface area contributed by atoms with Crippen LogP contribution in [0.2, 0.25) is 0 Å². The van der Waals surface area contributed by atoms with Gasteiger partial charge in [-0.3, -0.25) is 4.79 Å². The van der Waals surface area contributed by atoms with Crippen molar-refractivity contribution in [3.05, 3.63) is 66.4 Å².